The standard InChI is InChI=1S/C18H32N4O/c1-5-19-18(21-12-16(8-10-23)11-14(2)3)22-13-17-15(4)7-6-9-20-17/h6-7,9,14,16,23H,5,8,10-13H2,1-4H3,(H2,19,21,22). The number of aliphatic imine (C=N–C) groups is 1. The van der Waals surface area contributed by atoms with Gasteiger partial charge in [0.15, 0.2) is 5.96 Å². The lowest BCUT2D eigenvalue weighted by Gasteiger charge is -2.20. The van der Waals surface area contributed by atoms with E-state index >= 15 is 0 Å². The highest BCUT2D eigenvalue weighted by Gasteiger charge is 2.11. The Morgan fingerprint density at radius 1 is 1.35 bits per heavy atom. The molecule has 0 spiro atoms. The number of aromatic nitrogens is 1. The van der Waals surface area contributed by atoms with Gasteiger partial charge in [-0.05, 0) is 50.2 Å². The smallest absolute Gasteiger partial charge is 0.191 e. The number of nitrogens with one attached hydrogen (secondary N) is 2. The number of hydrogen-bond acceptors (Lipinski definition) is 3. The number of rotatable bonds is 9. The summed E-state index contributed by atoms with van der Waals surface area (Å²) in [5.41, 5.74) is 2.16. The predicted molar refractivity (Wildman–Crippen MR) is 96.4 cm³/mol. The first-order valence-corrected chi connectivity index (χ1v) is 8.60. The van der Waals surface area contributed by atoms with E-state index in [4.69, 9.17) is 0 Å². The Hall–Kier alpha value is -1.62. The van der Waals surface area contributed by atoms with Crippen molar-refractivity contribution in [2.75, 3.05) is 19.7 Å². The first-order chi connectivity index (χ1) is 11.1. The summed E-state index contributed by atoms with van der Waals surface area (Å²) in [5, 5.41) is 15.9. The van der Waals surface area contributed by atoms with Crippen LogP contribution in [0.2, 0.25) is 0 Å². The van der Waals surface area contributed by atoms with Crippen LogP contribution in [-0.2, 0) is 6.54 Å². The molecule has 1 rings (SSSR count). The Labute approximate surface area is 140 Å². The van der Waals surface area contributed by atoms with Crippen LogP contribution in [0.1, 0.15) is 44.9 Å². The molecule has 1 atom stereocenters. The van der Waals surface area contributed by atoms with E-state index in [1.807, 2.05) is 6.07 Å². The van der Waals surface area contributed by atoms with E-state index in [1.165, 1.54) is 0 Å². The maximum atomic E-state index is 9.22. The third-order valence-corrected chi connectivity index (χ3v) is 3.75. The van der Waals surface area contributed by atoms with Gasteiger partial charge in [0.05, 0.1) is 12.2 Å². The number of aliphatic hydroxyl groups is 1. The fourth-order valence-corrected chi connectivity index (χ4v) is 2.57. The first-order valence-electron chi connectivity index (χ1n) is 8.60. The second-order valence-corrected chi connectivity index (χ2v) is 6.35. The molecule has 1 heterocycles. The van der Waals surface area contributed by atoms with Crippen molar-refractivity contribution in [3.63, 3.8) is 0 Å². The lowest BCUT2D eigenvalue weighted by atomic mass is 9.94. The van der Waals surface area contributed by atoms with Crippen molar-refractivity contribution in [1.82, 2.24) is 15.6 Å². The highest BCUT2D eigenvalue weighted by Crippen LogP contribution is 2.14. The zero-order valence-corrected chi connectivity index (χ0v) is 15.0. The molecule has 0 bridgehead atoms. The average Bonchev–Trinajstić information content (AvgIpc) is 2.51. The molecular weight excluding hydrogens is 288 g/mol. The van der Waals surface area contributed by atoms with Crippen LogP contribution in [0.4, 0.5) is 0 Å². The lowest BCUT2D eigenvalue weighted by molar-refractivity contribution is 0.243. The monoisotopic (exact) mass is 320 g/mol. The molecule has 0 aliphatic carbocycles. The Kier molecular flexibility index (Phi) is 9.29. The molecule has 0 amide bonds. The molecule has 0 aromatic carbocycles. The minimum Gasteiger partial charge on any atom is -0.396 e. The Balaban J connectivity index is 2.62. The highest BCUT2D eigenvalue weighted by molar-refractivity contribution is 5.79. The quantitative estimate of drug-likeness (QED) is 0.483. The van der Waals surface area contributed by atoms with Crippen LogP contribution in [0.15, 0.2) is 23.3 Å². The molecule has 5 heteroatoms. The Morgan fingerprint density at radius 3 is 2.74 bits per heavy atom. The molecule has 0 aliphatic rings. The molecule has 1 unspecified atom stereocenters. The molecule has 0 fully saturated rings. The van der Waals surface area contributed by atoms with Gasteiger partial charge in [-0.25, -0.2) is 4.99 Å². The molecule has 0 aliphatic heterocycles. The summed E-state index contributed by atoms with van der Waals surface area (Å²) in [6.07, 6.45) is 3.73. The van der Waals surface area contributed by atoms with Crippen LogP contribution in [0.3, 0.4) is 0 Å². The van der Waals surface area contributed by atoms with Crippen molar-refractivity contribution in [2.24, 2.45) is 16.8 Å². The van der Waals surface area contributed by atoms with E-state index in [2.05, 4.69) is 54.4 Å². The third kappa shape index (κ3) is 7.98. The molecule has 23 heavy (non-hydrogen) atoms. The minimum absolute atomic E-state index is 0.236. The maximum Gasteiger partial charge on any atom is 0.191 e. The van der Waals surface area contributed by atoms with Crippen LogP contribution in [-0.4, -0.2) is 35.7 Å². The summed E-state index contributed by atoms with van der Waals surface area (Å²) < 4.78 is 0. The largest absolute Gasteiger partial charge is 0.396 e. The van der Waals surface area contributed by atoms with Gasteiger partial charge in [0.2, 0.25) is 0 Å². The fraction of sp³-hybridized carbons (Fsp3) is 0.667. The van der Waals surface area contributed by atoms with Gasteiger partial charge in [0.25, 0.3) is 0 Å². The molecule has 1 aromatic heterocycles. The van der Waals surface area contributed by atoms with Crippen LogP contribution < -0.4 is 10.6 Å². The molecule has 1 aromatic rings. The fourth-order valence-electron chi connectivity index (χ4n) is 2.57. The van der Waals surface area contributed by atoms with Crippen LogP contribution in [0, 0.1) is 18.8 Å². The van der Waals surface area contributed by atoms with Gasteiger partial charge in [-0.2, -0.15) is 0 Å². The average molecular weight is 320 g/mol. The van der Waals surface area contributed by atoms with Crippen molar-refractivity contribution < 1.29 is 5.11 Å². The molecule has 3 N–H and O–H groups in total. The maximum absolute atomic E-state index is 9.22. The second-order valence-electron chi connectivity index (χ2n) is 6.35. The summed E-state index contributed by atoms with van der Waals surface area (Å²) in [6.45, 7) is 11.0. The number of pyridine rings is 1. The van der Waals surface area contributed by atoms with E-state index < -0.39 is 0 Å². The van der Waals surface area contributed by atoms with E-state index in [9.17, 15) is 5.11 Å². The number of aliphatic hydroxyl groups excluding tert-OH is 1. The van der Waals surface area contributed by atoms with Crippen molar-refractivity contribution in [1.29, 1.82) is 0 Å². The zero-order valence-electron chi connectivity index (χ0n) is 15.0. The number of guanidine groups is 1. The molecule has 130 valence electrons. The minimum atomic E-state index is 0.236. The van der Waals surface area contributed by atoms with Gasteiger partial charge in [-0.1, -0.05) is 19.9 Å². The summed E-state index contributed by atoms with van der Waals surface area (Å²) in [7, 11) is 0. The highest BCUT2D eigenvalue weighted by atomic mass is 16.3. The van der Waals surface area contributed by atoms with Gasteiger partial charge in [0.1, 0.15) is 0 Å². The second kappa shape index (κ2) is 11.0. The van der Waals surface area contributed by atoms with Crippen molar-refractivity contribution in [2.45, 2.75) is 47.1 Å². The van der Waals surface area contributed by atoms with E-state index in [-0.39, 0.29) is 6.61 Å². The first kappa shape index (κ1) is 19.4. The van der Waals surface area contributed by atoms with Crippen molar-refractivity contribution in [3.8, 4) is 0 Å². The van der Waals surface area contributed by atoms with Crippen LogP contribution in [0.5, 0.6) is 0 Å². The third-order valence-electron chi connectivity index (χ3n) is 3.75. The molecule has 0 saturated heterocycles. The summed E-state index contributed by atoms with van der Waals surface area (Å²) in [6, 6.07) is 4.00. The molecule has 0 radical (unpaired) electrons. The van der Waals surface area contributed by atoms with Gasteiger partial charge in [-0.15, -0.1) is 0 Å². The zero-order chi connectivity index (χ0) is 17.1. The van der Waals surface area contributed by atoms with Crippen LogP contribution >= 0.6 is 0 Å². The van der Waals surface area contributed by atoms with E-state index in [0.29, 0.717) is 18.4 Å². The predicted octanol–water partition coefficient (Wildman–Crippen LogP) is 2.49. The van der Waals surface area contributed by atoms with E-state index in [0.717, 1.165) is 43.1 Å². The normalized spacial score (nSPS) is 13.2. The topological polar surface area (TPSA) is 69.5 Å². The summed E-state index contributed by atoms with van der Waals surface area (Å²) in [4.78, 5) is 9.00. The Bertz CT molecular complexity index is 474. The van der Waals surface area contributed by atoms with Gasteiger partial charge >= 0.3 is 0 Å². The van der Waals surface area contributed by atoms with Crippen LogP contribution in [0.25, 0.3) is 0 Å². The lowest BCUT2D eigenvalue weighted by Crippen LogP contribution is -2.40. The molecular formula is C18H32N4O. The van der Waals surface area contributed by atoms with Crippen molar-refractivity contribution in [3.05, 3.63) is 29.6 Å². The van der Waals surface area contributed by atoms with Gasteiger partial charge < -0.3 is 15.7 Å². The van der Waals surface area contributed by atoms with Gasteiger partial charge in [0, 0.05) is 25.9 Å². The van der Waals surface area contributed by atoms with Crippen molar-refractivity contribution >= 4 is 5.96 Å². The number of aryl methyl sites for hydroxylation is 1. The van der Waals surface area contributed by atoms with Gasteiger partial charge in [-0.3, -0.25) is 4.98 Å². The Morgan fingerprint density at radius 2 is 2.13 bits per heavy atom. The summed E-state index contributed by atoms with van der Waals surface area (Å²) in [5.74, 6) is 1.90. The van der Waals surface area contributed by atoms with E-state index in [1.54, 1.807) is 6.20 Å². The summed E-state index contributed by atoms with van der Waals surface area (Å²) >= 11 is 0. The number of hydrogen-bond donors (Lipinski definition) is 3. The number of nitrogens with zero attached hydrogens (tertiary/aromatic N) is 2. The molecule has 0 saturated carbocycles. The molecule has 5 nitrogen and oxygen atoms in total. The SMILES string of the molecule is CCNC(=NCc1ncccc1C)NCC(CCO)CC(C)C.